The lowest BCUT2D eigenvalue weighted by atomic mass is 10.1. The molecule has 1 aliphatic rings. The lowest BCUT2D eigenvalue weighted by Gasteiger charge is -2.33. The Balaban J connectivity index is 2.20. The molecule has 2 heterocycles. The molecule has 0 spiro atoms. The average molecular weight is 216 g/mol. The molecule has 0 amide bonds. The number of aromatic nitrogens is 1. The molecule has 0 aliphatic carbocycles. The molecule has 1 fully saturated rings. The first-order valence-corrected chi connectivity index (χ1v) is 5.62. The van der Waals surface area contributed by atoms with Crippen LogP contribution in [0.1, 0.15) is 18.4 Å². The van der Waals surface area contributed by atoms with E-state index in [2.05, 4.69) is 21.3 Å². The normalized spacial score (nSPS) is 20.5. The summed E-state index contributed by atoms with van der Waals surface area (Å²) in [6, 6.07) is 6.34. The van der Waals surface area contributed by atoms with Crippen molar-refractivity contribution in [2.45, 2.75) is 18.9 Å². The third-order valence-electron chi connectivity index (χ3n) is 3.04. The number of pyridine rings is 1. The molecule has 1 aliphatic heterocycles. The van der Waals surface area contributed by atoms with Crippen LogP contribution in [-0.4, -0.2) is 31.2 Å². The Morgan fingerprint density at radius 2 is 2.50 bits per heavy atom. The monoisotopic (exact) mass is 216 g/mol. The topological polar surface area (TPSA) is 52.0 Å². The van der Waals surface area contributed by atoms with E-state index in [1.807, 2.05) is 19.2 Å². The van der Waals surface area contributed by atoms with Gasteiger partial charge in [-0.15, -0.1) is 0 Å². The average Bonchev–Trinajstić information content (AvgIpc) is 2.38. The first kappa shape index (κ1) is 10.9. The minimum Gasteiger partial charge on any atom is -0.354 e. The van der Waals surface area contributed by atoms with Crippen molar-refractivity contribution in [3.63, 3.8) is 0 Å². The molecule has 1 unspecified atom stereocenters. The molecule has 1 aromatic rings. The highest BCUT2D eigenvalue weighted by Crippen LogP contribution is 2.20. The lowest BCUT2D eigenvalue weighted by Crippen LogP contribution is -2.45. The van der Waals surface area contributed by atoms with Crippen LogP contribution < -0.4 is 10.2 Å². The van der Waals surface area contributed by atoms with Crippen molar-refractivity contribution in [1.82, 2.24) is 10.3 Å². The zero-order chi connectivity index (χ0) is 11.4. The Kier molecular flexibility index (Phi) is 3.37. The first-order valence-electron chi connectivity index (χ1n) is 5.62. The van der Waals surface area contributed by atoms with Crippen molar-refractivity contribution in [3.8, 4) is 6.07 Å². The summed E-state index contributed by atoms with van der Waals surface area (Å²) in [5, 5.41) is 12.3. The number of hydrogen-bond acceptors (Lipinski definition) is 4. The fourth-order valence-electron chi connectivity index (χ4n) is 2.14. The molecule has 1 saturated heterocycles. The maximum Gasteiger partial charge on any atom is 0.146 e. The fourth-order valence-corrected chi connectivity index (χ4v) is 2.14. The maximum absolute atomic E-state index is 9.04. The van der Waals surface area contributed by atoms with Crippen LogP contribution in [0.25, 0.3) is 0 Å². The summed E-state index contributed by atoms with van der Waals surface area (Å²) < 4.78 is 0. The smallest absolute Gasteiger partial charge is 0.146 e. The second-order valence-corrected chi connectivity index (χ2v) is 4.06. The van der Waals surface area contributed by atoms with Crippen LogP contribution in [0, 0.1) is 11.3 Å². The van der Waals surface area contributed by atoms with Gasteiger partial charge in [0.25, 0.3) is 0 Å². The molecule has 0 radical (unpaired) electrons. The van der Waals surface area contributed by atoms with Crippen LogP contribution in [0.15, 0.2) is 18.3 Å². The molecular formula is C12H16N4. The Bertz CT molecular complexity index is 396. The van der Waals surface area contributed by atoms with Gasteiger partial charge in [0.15, 0.2) is 0 Å². The van der Waals surface area contributed by atoms with Crippen LogP contribution in [0.2, 0.25) is 0 Å². The minimum atomic E-state index is 0.502. The van der Waals surface area contributed by atoms with Gasteiger partial charge in [0.05, 0.1) is 5.56 Å². The molecule has 1 atom stereocenters. The number of piperidine rings is 1. The zero-order valence-electron chi connectivity index (χ0n) is 9.48. The van der Waals surface area contributed by atoms with Gasteiger partial charge in [-0.1, -0.05) is 0 Å². The number of anilines is 1. The van der Waals surface area contributed by atoms with Crippen LogP contribution in [0.5, 0.6) is 0 Å². The van der Waals surface area contributed by atoms with E-state index in [1.165, 1.54) is 6.42 Å². The molecule has 1 N–H and O–H groups in total. The van der Waals surface area contributed by atoms with Crippen molar-refractivity contribution >= 4 is 5.82 Å². The second kappa shape index (κ2) is 4.95. The summed E-state index contributed by atoms with van der Waals surface area (Å²) in [6.45, 7) is 1.92. The fraction of sp³-hybridized carbons (Fsp3) is 0.500. The van der Waals surface area contributed by atoms with E-state index in [0.717, 1.165) is 25.3 Å². The molecule has 1 aromatic heterocycles. The van der Waals surface area contributed by atoms with E-state index < -0.39 is 0 Å². The van der Waals surface area contributed by atoms with E-state index in [9.17, 15) is 0 Å². The summed E-state index contributed by atoms with van der Waals surface area (Å²) in [5.41, 5.74) is 0.666. The molecule has 4 heteroatoms. The quantitative estimate of drug-likeness (QED) is 0.805. The highest BCUT2D eigenvalue weighted by atomic mass is 15.2. The highest BCUT2D eigenvalue weighted by Gasteiger charge is 2.21. The molecule has 0 aromatic carbocycles. The van der Waals surface area contributed by atoms with Crippen molar-refractivity contribution < 1.29 is 0 Å². The first-order chi connectivity index (χ1) is 7.85. The Morgan fingerprint density at radius 3 is 3.25 bits per heavy atom. The van der Waals surface area contributed by atoms with Gasteiger partial charge in [-0.2, -0.15) is 5.26 Å². The Labute approximate surface area is 95.9 Å². The van der Waals surface area contributed by atoms with Crippen molar-refractivity contribution in [1.29, 1.82) is 5.26 Å². The molecule has 0 saturated carbocycles. The van der Waals surface area contributed by atoms with Crippen LogP contribution in [0.3, 0.4) is 0 Å². The van der Waals surface area contributed by atoms with Crippen LogP contribution >= 0.6 is 0 Å². The number of hydrogen-bond donors (Lipinski definition) is 1. The van der Waals surface area contributed by atoms with Gasteiger partial charge >= 0.3 is 0 Å². The zero-order valence-corrected chi connectivity index (χ0v) is 9.48. The number of likely N-dealkylation sites (N-methyl/N-ethyl adjacent to an activating group) is 1. The third kappa shape index (κ3) is 2.15. The molecule has 0 bridgehead atoms. The summed E-state index contributed by atoms with van der Waals surface area (Å²) in [6.07, 6.45) is 4.09. The summed E-state index contributed by atoms with van der Waals surface area (Å²) >= 11 is 0. The number of rotatable bonds is 2. The number of nitriles is 1. The van der Waals surface area contributed by atoms with Crippen molar-refractivity contribution in [2.75, 3.05) is 25.0 Å². The summed E-state index contributed by atoms with van der Waals surface area (Å²) in [4.78, 5) is 6.52. The van der Waals surface area contributed by atoms with Gasteiger partial charge in [-0.05, 0) is 32.0 Å². The van der Waals surface area contributed by atoms with E-state index in [0.29, 0.717) is 11.6 Å². The maximum atomic E-state index is 9.04. The molecule has 4 nitrogen and oxygen atoms in total. The minimum absolute atomic E-state index is 0.502. The van der Waals surface area contributed by atoms with Gasteiger partial charge in [0.2, 0.25) is 0 Å². The highest BCUT2D eigenvalue weighted by molar-refractivity contribution is 5.53. The van der Waals surface area contributed by atoms with Gasteiger partial charge < -0.3 is 10.2 Å². The third-order valence-corrected chi connectivity index (χ3v) is 3.04. The molecule has 2 rings (SSSR count). The van der Waals surface area contributed by atoms with E-state index in [-0.39, 0.29) is 0 Å². The Morgan fingerprint density at radius 1 is 1.62 bits per heavy atom. The van der Waals surface area contributed by atoms with Gasteiger partial charge in [-0.25, -0.2) is 4.98 Å². The summed E-state index contributed by atoms with van der Waals surface area (Å²) in [5.74, 6) is 0.824. The number of nitrogens with one attached hydrogen (secondary N) is 1. The van der Waals surface area contributed by atoms with Crippen LogP contribution in [-0.2, 0) is 0 Å². The van der Waals surface area contributed by atoms with Crippen molar-refractivity contribution in [3.05, 3.63) is 23.9 Å². The standard InChI is InChI=1S/C12H16N4/c1-14-11-5-3-7-16(9-11)12-10(8-13)4-2-6-15-12/h2,4,6,11,14H,3,5,7,9H2,1H3. The predicted molar refractivity (Wildman–Crippen MR) is 63.2 cm³/mol. The number of nitrogens with zero attached hydrogens (tertiary/aromatic N) is 3. The van der Waals surface area contributed by atoms with E-state index >= 15 is 0 Å². The molecule has 84 valence electrons. The van der Waals surface area contributed by atoms with Gasteiger partial charge in [-0.3, -0.25) is 0 Å². The van der Waals surface area contributed by atoms with Gasteiger partial charge in [0, 0.05) is 25.3 Å². The lowest BCUT2D eigenvalue weighted by molar-refractivity contribution is 0.447. The predicted octanol–water partition coefficient (Wildman–Crippen LogP) is 1.14. The molecule has 16 heavy (non-hydrogen) atoms. The van der Waals surface area contributed by atoms with Crippen molar-refractivity contribution in [2.24, 2.45) is 0 Å². The largest absolute Gasteiger partial charge is 0.354 e. The summed E-state index contributed by atoms with van der Waals surface area (Å²) in [7, 11) is 1.98. The molecular weight excluding hydrogens is 200 g/mol. The van der Waals surface area contributed by atoms with E-state index in [1.54, 1.807) is 6.20 Å². The Hall–Kier alpha value is -1.60. The van der Waals surface area contributed by atoms with E-state index in [4.69, 9.17) is 5.26 Å². The second-order valence-electron chi connectivity index (χ2n) is 4.06. The SMILES string of the molecule is CNC1CCCN(c2ncccc2C#N)C1. The van der Waals surface area contributed by atoms with Crippen LogP contribution in [0.4, 0.5) is 5.82 Å². The van der Waals surface area contributed by atoms with Gasteiger partial charge in [0.1, 0.15) is 11.9 Å².